The molecule has 4 aromatic rings. The van der Waals surface area contributed by atoms with Gasteiger partial charge in [-0.2, -0.15) is 0 Å². The largest absolute Gasteiger partial charge is 0.147 e. The molecule has 4 aromatic carbocycles. The van der Waals surface area contributed by atoms with E-state index in [4.69, 9.17) is 9.47 Å². The van der Waals surface area contributed by atoms with Gasteiger partial charge in [0.05, 0.1) is 0 Å². The molecule has 0 aliphatic carbocycles. The van der Waals surface area contributed by atoms with E-state index in [1.165, 1.54) is 38.5 Å². The van der Waals surface area contributed by atoms with E-state index in [2.05, 4.69) is 112 Å². The summed E-state index contributed by atoms with van der Waals surface area (Å²) in [7, 11) is 1.59. The van der Waals surface area contributed by atoms with Crippen molar-refractivity contribution in [2.45, 2.75) is 104 Å². The molecule has 1 saturated heterocycles. The molecular formula is C47H59ClN3O4Ru. The van der Waals surface area contributed by atoms with Crippen LogP contribution >= 0.6 is 12.4 Å². The van der Waals surface area contributed by atoms with Gasteiger partial charge in [-0.1, -0.05) is 0 Å². The first-order chi connectivity index (χ1) is 26.2. The fraction of sp³-hybridized carbons (Fsp3) is 0.426. The maximum absolute atomic E-state index is 14.2. The first-order valence-electron chi connectivity index (χ1n) is 19.8. The van der Waals surface area contributed by atoms with E-state index in [1.54, 1.807) is 31.4 Å². The third kappa shape index (κ3) is 8.34. The van der Waals surface area contributed by atoms with Crippen LogP contribution in [0, 0.1) is 5.92 Å². The van der Waals surface area contributed by atoms with Crippen LogP contribution in [0.15, 0.2) is 78.9 Å². The Kier molecular flexibility index (Phi) is 13.9. The second-order valence-corrected chi connectivity index (χ2v) is 18.3. The van der Waals surface area contributed by atoms with Gasteiger partial charge in [0.25, 0.3) is 0 Å². The molecule has 2 amide bonds. The van der Waals surface area contributed by atoms with E-state index in [-0.39, 0.29) is 34.9 Å². The average Bonchev–Trinajstić information content (AvgIpc) is 3.58. The third-order valence-corrected chi connectivity index (χ3v) is 13.2. The normalized spacial score (nSPS) is 16.2. The van der Waals surface area contributed by atoms with Crippen LogP contribution in [-0.2, 0) is 21.5 Å². The van der Waals surface area contributed by atoms with Gasteiger partial charge in [0.15, 0.2) is 0 Å². The number of methoxy groups -OCH3 is 1. The van der Waals surface area contributed by atoms with E-state index in [1.807, 2.05) is 26.0 Å². The predicted octanol–water partition coefficient (Wildman–Crippen LogP) is 10.7. The Labute approximate surface area is 348 Å². The van der Waals surface area contributed by atoms with Crippen LogP contribution in [0.3, 0.4) is 0 Å². The molecule has 0 N–H and O–H groups in total. The Morgan fingerprint density at radius 1 is 0.714 bits per heavy atom. The molecule has 1 fully saturated rings. The summed E-state index contributed by atoms with van der Waals surface area (Å²) in [6, 6.07) is 26.4. The Morgan fingerprint density at radius 3 is 1.61 bits per heavy atom. The number of carbonyl (C=O) groups is 2. The Bertz CT molecular complexity index is 1940. The molecule has 0 radical (unpaired) electrons. The number of amides is 2. The molecule has 2 aliphatic heterocycles. The van der Waals surface area contributed by atoms with Gasteiger partial charge in [0.1, 0.15) is 0 Å². The number of rotatable bonds is 11. The first kappa shape index (κ1) is 43.1. The zero-order valence-electron chi connectivity index (χ0n) is 34.8. The third-order valence-electron chi connectivity index (χ3n) is 10.7. The molecule has 2 heterocycles. The molecule has 56 heavy (non-hydrogen) atoms. The van der Waals surface area contributed by atoms with Crippen LogP contribution in [0.2, 0.25) is 0 Å². The fourth-order valence-corrected chi connectivity index (χ4v) is 10.3. The number of hydrogen-bond acceptors (Lipinski definition) is 6. The molecule has 6 rings (SSSR count). The number of imide groups is 1. The molecule has 7 nitrogen and oxygen atoms in total. The molecule has 1 unspecified atom stereocenters. The smallest absolute Gasteiger partial charge is 0.147 e. The van der Waals surface area contributed by atoms with Crippen LogP contribution in [0.25, 0.3) is 0 Å². The number of hydrogen-bond donors (Lipinski definition) is 0. The quantitative estimate of drug-likeness (QED) is 0.111. The molecule has 0 aromatic heterocycles. The van der Waals surface area contributed by atoms with Crippen LogP contribution in [0.5, 0.6) is 11.5 Å². The van der Waals surface area contributed by atoms with Gasteiger partial charge >= 0.3 is 338 Å². The molecule has 301 valence electrons. The van der Waals surface area contributed by atoms with Crippen LogP contribution < -0.4 is 24.2 Å². The molecule has 0 bridgehead atoms. The van der Waals surface area contributed by atoms with Gasteiger partial charge in [-0.05, 0) is 0 Å². The minimum Gasteiger partial charge on any atom is -0.147 e. The van der Waals surface area contributed by atoms with Crippen molar-refractivity contribution in [2.24, 2.45) is 5.92 Å². The summed E-state index contributed by atoms with van der Waals surface area (Å²) in [5.41, 5.74) is 10.1. The number of ether oxygens (including phenoxy) is 2. The van der Waals surface area contributed by atoms with Gasteiger partial charge in [-0.25, -0.2) is 0 Å². The van der Waals surface area contributed by atoms with Gasteiger partial charge in [-0.15, -0.1) is 12.4 Å². The van der Waals surface area contributed by atoms with Gasteiger partial charge in [-0.3, -0.25) is 0 Å². The standard InChI is InChI=1S/C27H39N2.C20H19NO4.ClH.Ru/c1-18(2)22-11-9-12-23(19(3)4)26(22)28-15-16-29(17-28)27-24(20(5)6)13-10-14-25(27)21(7)8;1-12(2)17-20(23)21(16-7-5-6-13(3)18(16)25-17)19(22)14-8-10-15(24-4)11-9-14;;/h9-14,17-21H,15-16H2,1-8H3;3,5-12,17H,1-2,4H3;1H;. The molecule has 0 spiro atoms. The minimum atomic E-state index is -0.794. The van der Waals surface area contributed by atoms with Crippen LogP contribution in [0.4, 0.5) is 17.1 Å². The molecule has 9 heteroatoms. The zero-order valence-corrected chi connectivity index (χ0v) is 37.3. The summed E-state index contributed by atoms with van der Waals surface area (Å²) >= 11 is -0.458. The number of para-hydroxylation sites is 3. The van der Waals surface area contributed by atoms with Crippen molar-refractivity contribution in [2.75, 3.05) is 34.9 Å². The number of carbonyl (C=O) groups excluding carboxylic acids is 2. The summed E-state index contributed by atoms with van der Waals surface area (Å²) in [5, 5.41) is 0. The van der Waals surface area contributed by atoms with E-state index in [0.717, 1.165) is 18.7 Å². The van der Waals surface area contributed by atoms with Crippen molar-refractivity contribution in [1.29, 1.82) is 0 Å². The second-order valence-electron chi connectivity index (χ2n) is 16.3. The van der Waals surface area contributed by atoms with Crippen molar-refractivity contribution in [1.82, 2.24) is 0 Å². The van der Waals surface area contributed by atoms with Crippen molar-refractivity contribution in [3.8, 4) is 11.5 Å². The number of benzene rings is 4. The minimum absolute atomic E-state index is 0. The molecule has 0 saturated carbocycles. The zero-order chi connectivity index (χ0) is 39.7. The van der Waals surface area contributed by atoms with E-state index < -0.39 is 22.8 Å². The predicted molar refractivity (Wildman–Crippen MR) is 231 cm³/mol. The SMILES string of the molecule is COc1ccc(C(=O)N2C(=O)C(C(C)C)Oc3c(/[CH]=[Ru]/[CH]4N(c5c(C(C)C)cccc5C(C)C)CCN4c4c(C(C)C)cccc4C(C)C)cccc32)cc1.Cl. The Hall–Kier alpha value is -4.00. The number of anilines is 3. The molecule has 2 aliphatic rings. The van der Waals surface area contributed by atoms with Crippen molar-refractivity contribution in [3.63, 3.8) is 0 Å². The van der Waals surface area contributed by atoms with E-state index in [0.29, 0.717) is 46.4 Å². The summed E-state index contributed by atoms with van der Waals surface area (Å²) in [5.74, 6) is 1.84. The number of nitrogens with zero attached hydrogens (tertiary/aromatic N) is 3. The molecular weight excluding hydrogens is 807 g/mol. The summed E-state index contributed by atoms with van der Waals surface area (Å²) < 4.78 is 14.4. The maximum Gasteiger partial charge on any atom is -0.147 e. The van der Waals surface area contributed by atoms with E-state index >= 15 is 0 Å². The van der Waals surface area contributed by atoms with Gasteiger partial charge in [0.2, 0.25) is 0 Å². The van der Waals surface area contributed by atoms with Crippen molar-refractivity contribution in [3.05, 3.63) is 112 Å². The Balaban J connectivity index is 0.00000600. The first-order valence-corrected chi connectivity index (χ1v) is 21.8. The van der Waals surface area contributed by atoms with Crippen LogP contribution in [-0.4, -0.2) is 47.5 Å². The number of halogens is 1. The number of fused-ring (bicyclic) bond motifs is 1. The van der Waals surface area contributed by atoms with E-state index in [9.17, 15) is 9.59 Å². The monoisotopic (exact) mass is 866 g/mol. The average molecular weight is 867 g/mol. The maximum atomic E-state index is 14.2. The summed E-state index contributed by atoms with van der Waals surface area (Å²) in [6.07, 6.45) is -0.794. The van der Waals surface area contributed by atoms with Gasteiger partial charge in [0, 0.05) is 0 Å². The summed E-state index contributed by atoms with van der Waals surface area (Å²) in [4.78, 5) is 34.9. The summed E-state index contributed by atoms with van der Waals surface area (Å²) in [6.45, 7) is 24.2. The molecule has 1 atom stereocenters. The second kappa shape index (κ2) is 18.1. The van der Waals surface area contributed by atoms with Crippen LogP contribution in [0.1, 0.15) is 131 Å². The Morgan fingerprint density at radius 2 is 1.18 bits per heavy atom. The fourth-order valence-electron chi connectivity index (χ4n) is 7.79. The topological polar surface area (TPSA) is 62.3 Å². The van der Waals surface area contributed by atoms with Crippen molar-refractivity contribution >= 4 is 45.9 Å². The van der Waals surface area contributed by atoms with Crippen molar-refractivity contribution < 1.29 is 35.7 Å². The van der Waals surface area contributed by atoms with Gasteiger partial charge < -0.3 is 0 Å².